The van der Waals surface area contributed by atoms with Crippen LogP contribution < -0.4 is 5.32 Å². The van der Waals surface area contributed by atoms with Gasteiger partial charge in [-0.05, 0) is 66.4 Å². The molecule has 3 N–H and O–H groups in total. The van der Waals surface area contributed by atoms with Crippen LogP contribution in [0.1, 0.15) is 33.2 Å². The van der Waals surface area contributed by atoms with Gasteiger partial charge in [0.1, 0.15) is 11.3 Å². The molecule has 0 saturated heterocycles. The normalized spacial score (nSPS) is 13.0. The van der Waals surface area contributed by atoms with Gasteiger partial charge in [-0.1, -0.05) is 72.8 Å². The summed E-state index contributed by atoms with van der Waals surface area (Å²) in [5.74, 6) is -1.18. The molecule has 0 aliphatic carbocycles. The number of methoxy groups -OCH3 is 1. The van der Waals surface area contributed by atoms with Crippen LogP contribution in [0.4, 0.5) is 0 Å². The van der Waals surface area contributed by atoms with E-state index in [1.807, 2.05) is 60.7 Å². The maximum Gasteiger partial charge on any atom is 0.341 e. The van der Waals surface area contributed by atoms with Crippen molar-refractivity contribution < 1.29 is 28.2 Å². The lowest BCUT2D eigenvalue weighted by molar-refractivity contribution is 0.0597. The summed E-state index contributed by atoms with van der Waals surface area (Å²) in [6.45, 7) is 0.577. The standard InChI is InChI=1S/C31H31NO6S/c1-38-31(35)27-21-26(16-17-29(27)33)39(36,37)25-14-12-22(13-15-25)18-19-32-28(20-23-8-4-2-5-9-23)30(34)24-10-6-3-7-11-24/h2-17,21,28,30,32-34H,18-20H2,1H3/t28?,30-/m1/s1. The minimum Gasteiger partial charge on any atom is -0.507 e. The van der Waals surface area contributed by atoms with Crippen molar-refractivity contribution in [2.45, 2.75) is 34.8 Å². The molecule has 0 amide bonds. The topological polar surface area (TPSA) is 113 Å². The predicted molar refractivity (Wildman–Crippen MR) is 148 cm³/mol. The molecule has 202 valence electrons. The van der Waals surface area contributed by atoms with Crippen molar-refractivity contribution in [2.75, 3.05) is 13.7 Å². The summed E-state index contributed by atoms with van der Waals surface area (Å²) < 4.78 is 30.9. The lowest BCUT2D eigenvalue weighted by Crippen LogP contribution is -2.38. The number of ether oxygens (including phenoxy) is 1. The zero-order chi connectivity index (χ0) is 27.8. The number of esters is 1. The molecular weight excluding hydrogens is 514 g/mol. The number of benzene rings is 4. The second-order valence-electron chi connectivity index (χ2n) is 9.17. The third-order valence-electron chi connectivity index (χ3n) is 6.56. The average Bonchev–Trinajstić information content (AvgIpc) is 2.97. The van der Waals surface area contributed by atoms with Crippen LogP contribution in [-0.2, 0) is 27.4 Å². The summed E-state index contributed by atoms with van der Waals surface area (Å²) in [4.78, 5) is 11.8. The van der Waals surface area contributed by atoms with E-state index in [0.717, 1.165) is 35.9 Å². The molecule has 39 heavy (non-hydrogen) atoms. The maximum absolute atomic E-state index is 13.1. The van der Waals surface area contributed by atoms with E-state index in [1.165, 1.54) is 18.2 Å². The van der Waals surface area contributed by atoms with E-state index in [0.29, 0.717) is 19.4 Å². The summed E-state index contributed by atoms with van der Waals surface area (Å²) in [6, 6.07) is 29.4. The van der Waals surface area contributed by atoms with Crippen LogP contribution in [0.25, 0.3) is 0 Å². The molecule has 0 radical (unpaired) electrons. The zero-order valence-electron chi connectivity index (χ0n) is 21.5. The number of nitrogens with one attached hydrogen (secondary N) is 1. The highest BCUT2D eigenvalue weighted by Gasteiger charge is 2.23. The first kappa shape index (κ1) is 28.0. The van der Waals surface area contributed by atoms with E-state index in [2.05, 4.69) is 10.1 Å². The quantitative estimate of drug-likeness (QED) is 0.238. The number of phenols is 1. The van der Waals surface area contributed by atoms with Crippen molar-refractivity contribution >= 4 is 15.8 Å². The summed E-state index contributed by atoms with van der Waals surface area (Å²) in [5.41, 5.74) is 2.66. The van der Waals surface area contributed by atoms with Gasteiger partial charge >= 0.3 is 5.97 Å². The highest BCUT2D eigenvalue weighted by molar-refractivity contribution is 7.91. The number of carbonyl (C=O) groups excluding carboxylic acids is 1. The highest BCUT2D eigenvalue weighted by atomic mass is 32.2. The fourth-order valence-corrected chi connectivity index (χ4v) is 5.66. The number of hydrogen-bond donors (Lipinski definition) is 3. The Hall–Kier alpha value is -3.98. The van der Waals surface area contributed by atoms with Gasteiger partial charge in [-0.3, -0.25) is 0 Å². The predicted octanol–water partition coefficient (Wildman–Crippen LogP) is 4.49. The minimum absolute atomic E-state index is 0.0715. The number of aliphatic hydroxyl groups is 1. The fourth-order valence-electron chi connectivity index (χ4n) is 4.38. The van der Waals surface area contributed by atoms with Gasteiger partial charge in [0, 0.05) is 6.04 Å². The summed E-state index contributed by atoms with van der Waals surface area (Å²) in [5, 5.41) is 24.5. The van der Waals surface area contributed by atoms with Crippen LogP contribution >= 0.6 is 0 Å². The van der Waals surface area contributed by atoms with Gasteiger partial charge in [-0.25, -0.2) is 13.2 Å². The lowest BCUT2D eigenvalue weighted by atomic mass is 9.96. The average molecular weight is 546 g/mol. The van der Waals surface area contributed by atoms with Crippen molar-refractivity contribution in [1.29, 1.82) is 0 Å². The van der Waals surface area contributed by atoms with Gasteiger partial charge in [0.15, 0.2) is 0 Å². The largest absolute Gasteiger partial charge is 0.507 e. The number of aliphatic hydroxyl groups excluding tert-OH is 1. The second kappa shape index (κ2) is 12.7. The van der Waals surface area contributed by atoms with E-state index >= 15 is 0 Å². The van der Waals surface area contributed by atoms with Gasteiger partial charge in [0.2, 0.25) is 9.84 Å². The molecule has 4 aromatic carbocycles. The SMILES string of the molecule is COC(=O)c1cc(S(=O)(=O)c2ccc(CCNC(Cc3ccccc3)[C@H](O)c3ccccc3)cc2)ccc1O. The first-order valence-corrected chi connectivity index (χ1v) is 14.0. The van der Waals surface area contributed by atoms with E-state index in [-0.39, 0.29) is 27.1 Å². The Kier molecular flexibility index (Phi) is 9.14. The Morgan fingerprint density at radius 1 is 0.846 bits per heavy atom. The van der Waals surface area contributed by atoms with Gasteiger partial charge in [0.25, 0.3) is 0 Å². The molecule has 7 nitrogen and oxygen atoms in total. The Morgan fingerprint density at radius 2 is 1.46 bits per heavy atom. The second-order valence-corrected chi connectivity index (χ2v) is 11.1. The van der Waals surface area contributed by atoms with Gasteiger partial charge in [0.05, 0.1) is 23.0 Å². The van der Waals surface area contributed by atoms with Crippen molar-refractivity contribution in [1.82, 2.24) is 5.32 Å². The first-order valence-electron chi connectivity index (χ1n) is 12.6. The maximum atomic E-state index is 13.1. The van der Waals surface area contributed by atoms with Crippen molar-refractivity contribution in [2.24, 2.45) is 0 Å². The van der Waals surface area contributed by atoms with Crippen LogP contribution in [0, 0.1) is 0 Å². The molecule has 0 aliphatic heterocycles. The van der Waals surface area contributed by atoms with Crippen LogP contribution in [0.5, 0.6) is 5.75 Å². The molecule has 4 aromatic rings. The number of phenolic OH excluding ortho intramolecular Hbond substituents is 1. The molecule has 0 heterocycles. The third kappa shape index (κ3) is 6.92. The Bertz CT molecular complexity index is 1490. The van der Waals surface area contributed by atoms with Crippen LogP contribution in [0.2, 0.25) is 0 Å². The molecule has 0 bridgehead atoms. The van der Waals surface area contributed by atoms with Crippen molar-refractivity contribution in [3.8, 4) is 5.75 Å². The number of aromatic hydroxyl groups is 1. The molecule has 2 atom stereocenters. The number of sulfone groups is 1. The molecule has 1 unspecified atom stereocenters. The van der Waals surface area contributed by atoms with Crippen molar-refractivity contribution in [3.63, 3.8) is 0 Å². The summed E-state index contributed by atoms with van der Waals surface area (Å²) in [6.07, 6.45) is 0.576. The summed E-state index contributed by atoms with van der Waals surface area (Å²) >= 11 is 0. The van der Waals surface area contributed by atoms with Crippen LogP contribution in [-0.4, -0.2) is 44.3 Å². The third-order valence-corrected chi connectivity index (χ3v) is 8.33. The number of carbonyl (C=O) groups is 1. The summed E-state index contributed by atoms with van der Waals surface area (Å²) in [7, 11) is -2.76. The molecule has 4 rings (SSSR count). The van der Waals surface area contributed by atoms with Gasteiger partial charge in [-0.2, -0.15) is 0 Å². The van der Waals surface area contributed by atoms with Crippen LogP contribution in [0.3, 0.4) is 0 Å². The monoisotopic (exact) mass is 545 g/mol. The molecular formula is C31H31NO6S. The molecule has 0 saturated carbocycles. The molecule has 0 fully saturated rings. The van der Waals surface area contributed by atoms with Crippen LogP contribution in [0.15, 0.2) is 113 Å². The molecule has 8 heteroatoms. The number of hydrogen-bond acceptors (Lipinski definition) is 7. The van der Waals surface area contributed by atoms with Gasteiger partial charge in [-0.15, -0.1) is 0 Å². The Balaban J connectivity index is 1.44. The Labute approximate surface area is 228 Å². The molecule has 0 spiro atoms. The number of rotatable bonds is 11. The zero-order valence-corrected chi connectivity index (χ0v) is 22.3. The smallest absolute Gasteiger partial charge is 0.341 e. The minimum atomic E-state index is -3.91. The highest BCUT2D eigenvalue weighted by Crippen LogP contribution is 2.27. The van der Waals surface area contributed by atoms with E-state index < -0.39 is 21.9 Å². The Morgan fingerprint density at radius 3 is 2.10 bits per heavy atom. The molecule has 0 aliphatic rings. The van der Waals surface area contributed by atoms with Crippen molar-refractivity contribution in [3.05, 3.63) is 125 Å². The van der Waals surface area contributed by atoms with Gasteiger partial charge < -0.3 is 20.3 Å². The first-order chi connectivity index (χ1) is 18.8. The fraction of sp³-hybridized carbons (Fsp3) is 0.194. The van der Waals surface area contributed by atoms with E-state index in [4.69, 9.17) is 0 Å². The lowest BCUT2D eigenvalue weighted by Gasteiger charge is -2.25. The van der Waals surface area contributed by atoms with E-state index in [1.54, 1.807) is 12.1 Å². The van der Waals surface area contributed by atoms with E-state index in [9.17, 15) is 23.4 Å². The molecule has 0 aromatic heterocycles.